The molecule has 0 fully saturated rings. The molecular formula is C16H24N2O. The Morgan fingerprint density at radius 1 is 1.26 bits per heavy atom. The van der Waals surface area contributed by atoms with Crippen molar-refractivity contribution in [1.29, 1.82) is 0 Å². The predicted molar refractivity (Wildman–Crippen MR) is 80.9 cm³/mol. The summed E-state index contributed by atoms with van der Waals surface area (Å²) in [6, 6.07) is 9.02. The molecule has 0 N–H and O–H groups in total. The van der Waals surface area contributed by atoms with Crippen LogP contribution in [-0.4, -0.2) is 36.7 Å². The van der Waals surface area contributed by atoms with Gasteiger partial charge in [-0.15, -0.1) is 0 Å². The first-order valence-electron chi connectivity index (χ1n) is 6.95. The summed E-state index contributed by atoms with van der Waals surface area (Å²) in [5.74, 6) is 0.919. The minimum atomic E-state index is 0.586. The van der Waals surface area contributed by atoms with E-state index in [2.05, 4.69) is 54.9 Å². The average Bonchev–Trinajstić information content (AvgIpc) is 2.80. The van der Waals surface area contributed by atoms with Crippen LogP contribution in [0.15, 0.2) is 30.5 Å². The molecule has 104 valence electrons. The third-order valence-corrected chi connectivity index (χ3v) is 3.74. The van der Waals surface area contributed by atoms with Gasteiger partial charge in [0.25, 0.3) is 0 Å². The van der Waals surface area contributed by atoms with Crippen molar-refractivity contribution in [2.75, 3.05) is 21.2 Å². The minimum Gasteiger partial charge on any atom is -0.497 e. The zero-order valence-corrected chi connectivity index (χ0v) is 12.4. The van der Waals surface area contributed by atoms with Crippen LogP contribution in [0.4, 0.5) is 0 Å². The standard InChI is InChI=1S/C16H24N2O/c1-5-6-14(17(2)3)12-18-10-9-13-11-15(19-4)7-8-16(13)18/h7-11,14H,5-6,12H2,1-4H3/t14-/m1/s1. The van der Waals surface area contributed by atoms with E-state index in [1.165, 1.54) is 23.7 Å². The molecule has 0 saturated carbocycles. The maximum absolute atomic E-state index is 5.27. The lowest BCUT2D eigenvalue weighted by atomic mass is 10.1. The number of likely N-dealkylation sites (N-methyl/N-ethyl adjacent to an activating group) is 1. The highest BCUT2D eigenvalue weighted by atomic mass is 16.5. The normalized spacial score (nSPS) is 13.1. The number of hydrogen-bond donors (Lipinski definition) is 0. The average molecular weight is 260 g/mol. The topological polar surface area (TPSA) is 17.4 Å². The van der Waals surface area contributed by atoms with E-state index in [9.17, 15) is 0 Å². The first-order valence-corrected chi connectivity index (χ1v) is 6.95. The summed E-state index contributed by atoms with van der Waals surface area (Å²) < 4.78 is 7.61. The minimum absolute atomic E-state index is 0.586. The monoisotopic (exact) mass is 260 g/mol. The van der Waals surface area contributed by atoms with E-state index in [4.69, 9.17) is 4.74 Å². The zero-order chi connectivity index (χ0) is 13.8. The molecule has 19 heavy (non-hydrogen) atoms. The van der Waals surface area contributed by atoms with Gasteiger partial charge in [-0.3, -0.25) is 0 Å². The molecule has 0 amide bonds. The molecule has 3 heteroatoms. The number of ether oxygens (including phenoxy) is 1. The molecule has 0 aliphatic rings. The number of hydrogen-bond acceptors (Lipinski definition) is 2. The van der Waals surface area contributed by atoms with Crippen LogP contribution in [0.25, 0.3) is 10.9 Å². The fourth-order valence-corrected chi connectivity index (χ4v) is 2.54. The lowest BCUT2D eigenvalue weighted by Crippen LogP contribution is -2.31. The molecule has 1 atom stereocenters. The second-order valence-corrected chi connectivity index (χ2v) is 5.30. The lowest BCUT2D eigenvalue weighted by molar-refractivity contribution is 0.251. The molecule has 0 unspecified atom stereocenters. The molecular weight excluding hydrogens is 236 g/mol. The van der Waals surface area contributed by atoms with E-state index in [0.29, 0.717) is 6.04 Å². The van der Waals surface area contributed by atoms with Gasteiger partial charge in [0.2, 0.25) is 0 Å². The smallest absolute Gasteiger partial charge is 0.119 e. The van der Waals surface area contributed by atoms with Crippen LogP contribution >= 0.6 is 0 Å². The van der Waals surface area contributed by atoms with Gasteiger partial charge in [-0.25, -0.2) is 0 Å². The van der Waals surface area contributed by atoms with Crippen LogP contribution in [0.5, 0.6) is 5.75 Å². The Labute approximate surface area is 115 Å². The van der Waals surface area contributed by atoms with Crippen LogP contribution < -0.4 is 4.74 Å². The Morgan fingerprint density at radius 2 is 2.05 bits per heavy atom. The molecule has 2 rings (SSSR count). The Bertz CT molecular complexity index is 531. The molecule has 2 aromatic rings. The summed E-state index contributed by atoms with van der Waals surface area (Å²) in [5.41, 5.74) is 1.28. The Kier molecular flexibility index (Phi) is 4.48. The molecule has 0 aliphatic heterocycles. The molecule has 0 bridgehead atoms. The molecule has 0 radical (unpaired) electrons. The van der Waals surface area contributed by atoms with E-state index >= 15 is 0 Å². The maximum atomic E-state index is 5.27. The van der Waals surface area contributed by atoms with Crippen molar-refractivity contribution < 1.29 is 4.74 Å². The fourth-order valence-electron chi connectivity index (χ4n) is 2.54. The first kappa shape index (κ1) is 13.9. The first-order chi connectivity index (χ1) is 9.15. The molecule has 1 aromatic carbocycles. The molecule has 1 heterocycles. The van der Waals surface area contributed by atoms with Gasteiger partial charge in [0.15, 0.2) is 0 Å². The van der Waals surface area contributed by atoms with Gasteiger partial charge in [-0.2, -0.15) is 0 Å². The molecule has 0 saturated heterocycles. The molecule has 1 aromatic heterocycles. The third-order valence-electron chi connectivity index (χ3n) is 3.74. The summed E-state index contributed by atoms with van der Waals surface area (Å²) in [6.45, 7) is 3.28. The SMILES string of the molecule is CCC[C@H](Cn1ccc2cc(OC)ccc21)N(C)C. The van der Waals surface area contributed by atoms with Crippen molar-refractivity contribution in [3.8, 4) is 5.75 Å². The summed E-state index contributed by atoms with van der Waals surface area (Å²) in [6.07, 6.45) is 4.62. The Morgan fingerprint density at radius 3 is 2.68 bits per heavy atom. The van der Waals surface area contributed by atoms with Gasteiger partial charge in [0, 0.05) is 29.7 Å². The summed E-state index contributed by atoms with van der Waals surface area (Å²) in [5, 5.41) is 1.24. The highest BCUT2D eigenvalue weighted by Gasteiger charge is 2.12. The van der Waals surface area contributed by atoms with Crippen molar-refractivity contribution in [1.82, 2.24) is 9.47 Å². The molecule has 0 spiro atoms. The van der Waals surface area contributed by atoms with Crippen molar-refractivity contribution in [2.45, 2.75) is 32.4 Å². The predicted octanol–water partition coefficient (Wildman–Crippen LogP) is 3.38. The van der Waals surface area contributed by atoms with Crippen LogP contribution in [0.2, 0.25) is 0 Å². The third kappa shape index (κ3) is 3.10. The highest BCUT2D eigenvalue weighted by molar-refractivity contribution is 5.81. The van der Waals surface area contributed by atoms with Crippen molar-refractivity contribution in [2.24, 2.45) is 0 Å². The van der Waals surface area contributed by atoms with E-state index in [1.807, 2.05) is 6.07 Å². The van der Waals surface area contributed by atoms with Crippen molar-refractivity contribution in [3.63, 3.8) is 0 Å². The summed E-state index contributed by atoms with van der Waals surface area (Å²) in [7, 11) is 6.03. The number of aromatic nitrogens is 1. The van der Waals surface area contributed by atoms with Crippen LogP contribution in [0, 0.1) is 0 Å². The zero-order valence-electron chi connectivity index (χ0n) is 12.4. The summed E-state index contributed by atoms with van der Waals surface area (Å²) >= 11 is 0. The van der Waals surface area contributed by atoms with Crippen LogP contribution in [0.1, 0.15) is 19.8 Å². The van der Waals surface area contributed by atoms with Crippen molar-refractivity contribution >= 4 is 10.9 Å². The summed E-state index contributed by atoms with van der Waals surface area (Å²) in [4.78, 5) is 2.32. The van der Waals surface area contributed by atoms with Gasteiger partial charge in [-0.1, -0.05) is 13.3 Å². The fraction of sp³-hybridized carbons (Fsp3) is 0.500. The molecule has 3 nitrogen and oxygen atoms in total. The van der Waals surface area contributed by atoms with Crippen molar-refractivity contribution in [3.05, 3.63) is 30.5 Å². The Hall–Kier alpha value is -1.48. The van der Waals surface area contributed by atoms with E-state index < -0.39 is 0 Å². The quantitative estimate of drug-likeness (QED) is 0.792. The van der Waals surface area contributed by atoms with Gasteiger partial charge >= 0.3 is 0 Å². The number of fused-ring (bicyclic) bond motifs is 1. The number of rotatable bonds is 6. The van der Waals surface area contributed by atoms with Gasteiger partial charge < -0.3 is 14.2 Å². The van der Waals surface area contributed by atoms with E-state index in [1.54, 1.807) is 7.11 Å². The largest absolute Gasteiger partial charge is 0.497 e. The second kappa shape index (κ2) is 6.11. The number of benzene rings is 1. The van der Waals surface area contributed by atoms with Gasteiger partial charge in [0.05, 0.1) is 7.11 Å². The van der Waals surface area contributed by atoms with E-state index in [0.717, 1.165) is 12.3 Å². The van der Waals surface area contributed by atoms with Gasteiger partial charge in [0.1, 0.15) is 5.75 Å². The maximum Gasteiger partial charge on any atom is 0.119 e. The van der Waals surface area contributed by atoms with Crippen LogP contribution in [-0.2, 0) is 6.54 Å². The van der Waals surface area contributed by atoms with Gasteiger partial charge in [-0.05, 0) is 44.8 Å². The Balaban J connectivity index is 2.25. The highest BCUT2D eigenvalue weighted by Crippen LogP contribution is 2.22. The molecule has 0 aliphatic carbocycles. The second-order valence-electron chi connectivity index (χ2n) is 5.30. The van der Waals surface area contributed by atoms with E-state index in [-0.39, 0.29) is 0 Å². The lowest BCUT2D eigenvalue weighted by Gasteiger charge is -2.24. The number of nitrogens with zero attached hydrogens (tertiary/aromatic N) is 2. The number of methoxy groups -OCH3 is 1. The van der Waals surface area contributed by atoms with Crippen LogP contribution in [0.3, 0.4) is 0 Å².